The second-order valence-electron chi connectivity index (χ2n) is 9.91. The van der Waals surface area contributed by atoms with E-state index in [9.17, 15) is 14.4 Å². The van der Waals surface area contributed by atoms with E-state index in [4.69, 9.17) is 14.2 Å². The van der Waals surface area contributed by atoms with E-state index in [0.29, 0.717) is 6.42 Å². The summed E-state index contributed by atoms with van der Waals surface area (Å²) < 4.78 is 16.5. The molecule has 0 aromatic heterocycles. The molecular weight excluding hydrogens is 458 g/mol. The van der Waals surface area contributed by atoms with Crippen LogP contribution in [-0.2, 0) is 30.2 Å². The maximum absolute atomic E-state index is 13.2. The number of esters is 2. The van der Waals surface area contributed by atoms with Gasteiger partial charge in [0.25, 0.3) is 0 Å². The standard InChI is InChI=1S/C29H35NO6/c1-5-34-25(31)29(18-12-17-21-13-8-6-9-14-21)20-24(35-26(29)32)23(19-22-15-10-7-11-16-22)30-27(33)36-28(2,3)4/h6-17,23-24H,5,18-20H2,1-4H3,(H,30,33)/t23-,24-,29?/m0/s1. The van der Waals surface area contributed by atoms with E-state index < -0.39 is 41.2 Å². The van der Waals surface area contributed by atoms with Crippen LogP contribution in [0.1, 0.15) is 51.7 Å². The molecule has 0 spiro atoms. The van der Waals surface area contributed by atoms with Gasteiger partial charge >= 0.3 is 18.0 Å². The summed E-state index contributed by atoms with van der Waals surface area (Å²) >= 11 is 0. The first-order chi connectivity index (χ1) is 17.1. The van der Waals surface area contributed by atoms with Crippen LogP contribution in [0.25, 0.3) is 6.08 Å². The molecule has 1 N–H and O–H groups in total. The van der Waals surface area contributed by atoms with Crippen molar-refractivity contribution in [1.29, 1.82) is 0 Å². The molecule has 7 heteroatoms. The Hall–Kier alpha value is -3.61. The molecule has 3 rings (SSSR count). The van der Waals surface area contributed by atoms with Crippen molar-refractivity contribution in [2.75, 3.05) is 6.61 Å². The molecule has 1 aliphatic rings. The molecule has 2 aromatic carbocycles. The van der Waals surface area contributed by atoms with Gasteiger partial charge in [-0.2, -0.15) is 0 Å². The molecule has 7 nitrogen and oxygen atoms in total. The quantitative estimate of drug-likeness (QED) is 0.297. The third kappa shape index (κ3) is 7.20. The molecule has 0 bridgehead atoms. The Morgan fingerprint density at radius 2 is 1.75 bits per heavy atom. The average molecular weight is 494 g/mol. The van der Waals surface area contributed by atoms with E-state index in [1.165, 1.54) is 0 Å². The molecule has 1 saturated heterocycles. The summed E-state index contributed by atoms with van der Waals surface area (Å²) in [4.78, 5) is 39.0. The van der Waals surface area contributed by atoms with E-state index in [-0.39, 0.29) is 19.4 Å². The van der Waals surface area contributed by atoms with Gasteiger partial charge in [0, 0.05) is 6.42 Å². The van der Waals surface area contributed by atoms with Crippen molar-refractivity contribution in [3.05, 3.63) is 77.9 Å². The Morgan fingerprint density at radius 3 is 2.36 bits per heavy atom. The number of carbonyl (C=O) groups excluding carboxylic acids is 3. The number of alkyl carbamates (subject to hydrolysis) is 1. The maximum Gasteiger partial charge on any atom is 0.408 e. The molecule has 3 atom stereocenters. The first kappa shape index (κ1) is 27.0. The molecule has 1 unspecified atom stereocenters. The van der Waals surface area contributed by atoms with Gasteiger partial charge in [0.1, 0.15) is 11.7 Å². The van der Waals surface area contributed by atoms with Gasteiger partial charge in [-0.3, -0.25) is 9.59 Å². The number of benzene rings is 2. The number of hydrogen-bond acceptors (Lipinski definition) is 6. The van der Waals surface area contributed by atoms with Gasteiger partial charge < -0.3 is 19.5 Å². The van der Waals surface area contributed by atoms with Gasteiger partial charge in [-0.05, 0) is 51.7 Å². The monoisotopic (exact) mass is 493 g/mol. The van der Waals surface area contributed by atoms with Crippen LogP contribution in [0.5, 0.6) is 0 Å². The minimum absolute atomic E-state index is 0.0805. The van der Waals surface area contributed by atoms with Crippen molar-refractivity contribution in [2.24, 2.45) is 5.41 Å². The SMILES string of the molecule is CCOC(=O)C1(CC=Cc2ccccc2)C[C@@H]([C@H](Cc2ccccc2)NC(=O)OC(C)(C)C)OC1=O. The van der Waals surface area contributed by atoms with Crippen LogP contribution in [0.3, 0.4) is 0 Å². The molecule has 0 saturated carbocycles. The summed E-state index contributed by atoms with van der Waals surface area (Å²) in [7, 11) is 0. The minimum Gasteiger partial charge on any atom is -0.465 e. The maximum atomic E-state index is 13.2. The van der Waals surface area contributed by atoms with Crippen LogP contribution in [0.4, 0.5) is 4.79 Å². The van der Waals surface area contributed by atoms with Gasteiger partial charge in [0.05, 0.1) is 12.6 Å². The number of ether oxygens (including phenoxy) is 3. The molecule has 36 heavy (non-hydrogen) atoms. The second-order valence-corrected chi connectivity index (χ2v) is 9.91. The van der Waals surface area contributed by atoms with E-state index in [1.807, 2.05) is 66.7 Å². The average Bonchev–Trinajstić information content (AvgIpc) is 3.16. The van der Waals surface area contributed by atoms with E-state index in [1.54, 1.807) is 33.8 Å². The van der Waals surface area contributed by atoms with E-state index in [0.717, 1.165) is 11.1 Å². The first-order valence-corrected chi connectivity index (χ1v) is 12.3. The van der Waals surface area contributed by atoms with Crippen LogP contribution in [0.2, 0.25) is 0 Å². The van der Waals surface area contributed by atoms with Gasteiger partial charge in [0.2, 0.25) is 0 Å². The zero-order valence-electron chi connectivity index (χ0n) is 21.4. The Balaban J connectivity index is 1.86. The first-order valence-electron chi connectivity index (χ1n) is 12.3. The highest BCUT2D eigenvalue weighted by Crippen LogP contribution is 2.41. The van der Waals surface area contributed by atoms with Gasteiger partial charge in [-0.25, -0.2) is 4.79 Å². The topological polar surface area (TPSA) is 90.9 Å². The largest absolute Gasteiger partial charge is 0.465 e. The number of rotatable bonds is 9. The second kappa shape index (κ2) is 11.9. The van der Waals surface area contributed by atoms with E-state index >= 15 is 0 Å². The van der Waals surface area contributed by atoms with Crippen LogP contribution in [-0.4, -0.2) is 42.4 Å². The number of nitrogens with one attached hydrogen (secondary N) is 1. The van der Waals surface area contributed by atoms with Crippen molar-refractivity contribution in [2.45, 2.75) is 64.7 Å². The van der Waals surface area contributed by atoms with Crippen LogP contribution in [0.15, 0.2) is 66.7 Å². The van der Waals surface area contributed by atoms with Crippen molar-refractivity contribution in [3.8, 4) is 0 Å². The van der Waals surface area contributed by atoms with Crippen molar-refractivity contribution in [1.82, 2.24) is 5.32 Å². The molecule has 1 heterocycles. The minimum atomic E-state index is -1.49. The fourth-order valence-electron chi connectivity index (χ4n) is 4.19. The Morgan fingerprint density at radius 1 is 1.11 bits per heavy atom. The summed E-state index contributed by atoms with van der Waals surface area (Å²) in [6.45, 7) is 7.17. The highest BCUT2D eigenvalue weighted by atomic mass is 16.6. The third-order valence-corrected chi connectivity index (χ3v) is 5.89. The normalized spacial score (nSPS) is 20.6. The number of allylic oxidation sites excluding steroid dienone is 1. The van der Waals surface area contributed by atoms with Crippen molar-refractivity contribution in [3.63, 3.8) is 0 Å². The number of cyclic esters (lactones) is 1. The molecule has 1 amide bonds. The Kier molecular flexibility index (Phi) is 8.91. The van der Waals surface area contributed by atoms with Gasteiger partial charge in [0.15, 0.2) is 5.41 Å². The number of hydrogen-bond donors (Lipinski definition) is 1. The zero-order chi connectivity index (χ0) is 26.2. The molecule has 192 valence electrons. The Labute approximate surface area is 212 Å². The summed E-state index contributed by atoms with van der Waals surface area (Å²) in [6.07, 6.45) is 2.91. The van der Waals surface area contributed by atoms with Gasteiger partial charge in [-0.1, -0.05) is 72.8 Å². The van der Waals surface area contributed by atoms with Crippen LogP contribution in [0, 0.1) is 5.41 Å². The smallest absolute Gasteiger partial charge is 0.408 e. The summed E-state index contributed by atoms with van der Waals surface area (Å²) in [5.74, 6) is -1.27. The number of amides is 1. The predicted octanol–water partition coefficient (Wildman–Crippen LogP) is 5.09. The summed E-state index contributed by atoms with van der Waals surface area (Å²) in [5, 5.41) is 2.87. The molecule has 0 aliphatic carbocycles. The lowest BCUT2D eigenvalue weighted by Crippen LogP contribution is -2.47. The van der Waals surface area contributed by atoms with Crippen molar-refractivity contribution >= 4 is 24.1 Å². The van der Waals surface area contributed by atoms with Crippen molar-refractivity contribution < 1.29 is 28.6 Å². The lowest BCUT2D eigenvalue weighted by molar-refractivity contribution is -0.164. The van der Waals surface area contributed by atoms with Crippen LogP contribution < -0.4 is 5.32 Å². The predicted molar refractivity (Wildman–Crippen MR) is 137 cm³/mol. The molecule has 1 aliphatic heterocycles. The van der Waals surface area contributed by atoms with Gasteiger partial charge in [-0.15, -0.1) is 0 Å². The highest BCUT2D eigenvalue weighted by molar-refractivity contribution is 6.01. The van der Waals surface area contributed by atoms with E-state index in [2.05, 4.69) is 5.32 Å². The zero-order valence-corrected chi connectivity index (χ0v) is 21.4. The molecular formula is C29H35NO6. The third-order valence-electron chi connectivity index (χ3n) is 5.89. The molecule has 1 fully saturated rings. The number of carbonyl (C=O) groups is 3. The summed E-state index contributed by atoms with van der Waals surface area (Å²) in [6, 6.07) is 18.6. The van der Waals surface area contributed by atoms with Crippen LogP contribution >= 0.6 is 0 Å². The fraction of sp³-hybridized carbons (Fsp3) is 0.414. The lowest BCUT2D eigenvalue weighted by atomic mass is 9.79. The molecule has 0 radical (unpaired) electrons. The molecule has 2 aromatic rings. The highest BCUT2D eigenvalue weighted by Gasteiger charge is 2.57. The lowest BCUT2D eigenvalue weighted by Gasteiger charge is -2.27. The Bertz CT molecular complexity index is 1060. The fourth-order valence-corrected chi connectivity index (χ4v) is 4.19. The summed E-state index contributed by atoms with van der Waals surface area (Å²) in [5.41, 5.74) is -0.276.